The van der Waals surface area contributed by atoms with Gasteiger partial charge in [0.1, 0.15) is 5.75 Å². The van der Waals surface area contributed by atoms with Crippen molar-refractivity contribution in [1.29, 1.82) is 0 Å². The van der Waals surface area contributed by atoms with Gasteiger partial charge in [0.25, 0.3) is 0 Å². The van der Waals surface area contributed by atoms with Crippen molar-refractivity contribution in [2.75, 3.05) is 6.61 Å². The fourth-order valence-electron chi connectivity index (χ4n) is 1.90. The first-order valence-corrected chi connectivity index (χ1v) is 7.39. The lowest BCUT2D eigenvalue weighted by atomic mass is 10.1. The number of pyridine rings is 1. The highest BCUT2D eigenvalue weighted by Crippen LogP contribution is 2.13. The van der Waals surface area contributed by atoms with Gasteiger partial charge in [-0.2, -0.15) is 0 Å². The first-order chi connectivity index (χ1) is 10.0. The van der Waals surface area contributed by atoms with Gasteiger partial charge >= 0.3 is 0 Å². The molecule has 0 unspecified atom stereocenters. The first kappa shape index (κ1) is 15.5. The summed E-state index contributed by atoms with van der Waals surface area (Å²) in [5.74, 6) is 0.915. The average Bonchev–Trinajstić information content (AvgIpc) is 2.47. The zero-order valence-electron chi connectivity index (χ0n) is 13.1. The molecule has 3 nitrogen and oxygen atoms in total. The lowest BCUT2D eigenvalue weighted by Gasteiger charge is -2.20. The van der Waals surface area contributed by atoms with Gasteiger partial charge in [-0.15, -0.1) is 0 Å². The molecule has 1 N–H and O–H groups in total. The molecule has 21 heavy (non-hydrogen) atoms. The van der Waals surface area contributed by atoms with Gasteiger partial charge in [-0.05, 0) is 50.1 Å². The zero-order chi connectivity index (χ0) is 15.1. The highest BCUT2D eigenvalue weighted by molar-refractivity contribution is 5.27. The maximum atomic E-state index is 5.76. The molecule has 0 aliphatic rings. The van der Waals surface area contributed by atoms with Crippen molar-refractivity contribution in [3.63, 3.8) is 0 Å². The van der Waals surface area contributed by atoms with Crippen molar-refractivity contribution in [3.8, 4) is 5.75 Å². The van der Waals surface area contributed by atoms with Crippen molar-refractivity contribution < 1.29 is 4.74 Å². The van der Waals surface area contributed by atoms with Crippen LogP contribution in [-0.2, 0) is 13.0 Å². The summed E-state index contributed by atoms with van der Waals surface area (Å²) in [6.07, 6.45) is 4.54. The molecule has 2 aromatic rings. The van der Waals surface area contributed by atoms with Crippen LogP contribution in [0.5, 0.6) is 5.75 Å². The molecule has 1 aromatic heterocycles. The van der Waals surface area contributed by atoms with E-state index in [1.54, 1.807) is 6.20 Å². The third kappa shape index (κ3) is 5.96. The van der Waals surface area contributed by atoms with E-state index in [0.29, 0.717) is 6.61 Å². The van der Waals surface area contributed by atoms with Gasteiger partial charge in [0.15, 0.2) is 0 Å². The van der Waals surface area contributed by atoms with E-state index in [4.69, 9.17) is 4.74 Å². The molecule has 3 heteroatoms. The first-order valence-electron chi connectivity index (χ1n) is 7.39. The van der Waals surface area contributed by atoms with Crippen LogP contribution in [0.4, 0.5) is 0 Å². The minimum Gasteiger partial charge on any atom is -0.493 e. The second-order valence-corrected chi connectivity index (χ2v) is 6.21. The molecular weight excluding hydrogens is 260 g/mol. The Labute approximate surface area is 127 Å². The zero-order valence-corrected chi connectivity index (χ0v) is 13.1. The molecule has 0 radical (unpaired) electrons. The molecule has 2 rings (SSSR count). The van der Waals surface area contributed by atoms with Crippen molar-refractivity contribution in [2.45, 2.75) is 39.3 Å². The second-order valence-electron chi connectivity index (χ2n) is 6.21. The van der Waals surface area contributed by atoms with Crippen LogP contribution in [0.3, 0.4) is 0 Å². The molecular formula is C18H24N2O. The maximum absolute atomic E-state index is 5.76. The smallest absolute Gasteiger partial charge is 0.119 e. The van der Waals surface area contributed by atoms with E-state index in [1.165, 1.54) is 11.1 Å². The fraction of sp³-hybridized carbons (Fsp3) is 0.389. The molecule has 1 heterocycles. The highest BCUT2D eigenvalue weighted by Gasteiger charge is 2.08. The Morgan fingerprint density at radius 1 is 1.05 bits per heavy atom. The molecule has 0 saturated carbocycles. The van der Waals surface area contributed by atoms with Crippen LogP contribution in [0.2, 0.25) is 0 Å². The summed E-state index contributed by atoms with van der Waals surface area (Å²) in [4.78, 5) is 4.10. The Morgan fingerprint density at radius 3 is 2.43 bits per heavy atom. The minimum absolute atomic E-state index is 0.138. The lowest BCUT2D eigenvalue weighted by Crippen LogP contribution is -2.35. The minimum atomic E-state index is 0.138. The summed E-state index contributed by atoms with van der Waals surface area (Å²) in [5.41, 5.74) is 2.60. The Kier molecular flexibility index (Phi) is 5.34. The van der Waals surface area contributed by atoms with Gasteiger partial charge < -0.3 is 10.1 Å². The molecule has 0 aliphatic carbocycles. The standard InChI is InChI=1S/C18H24N2O/c1-18(2,3)20-14-16-6-8-17(9-7-16)21-12-10-15-5-4-11-19-13-15/h4-9,11,13,20H,10,12,14H2,1-3H3. The van der Waals surface area contributed by atoms with E-state index < -0.39 is 0 Å². The van der Waals surface area contributed by atoms with E-state index in [2.05, 4.69) is 49.3 Å². The van der Waals surface area contributed by atoms with Crippen LogP contribution in [-0.4, -0.2) is 17.1 Å². The van der Waals surface area contributed by atoms with E-state index in [0.717, 1.165) is 18.7 Å². The summed E-state index contributed by atoms with van der Waals surface area (Å²) < 4.78 is 5.76. The van der Waals surface area contributed by atoms with Crippen LogP contribution in [0, 0.1) is 0 Å². The quantitative estimate of drug-likeness (QED) is 0.880. The number of hydrogen-bond acceptors (Lipinski definition) is 3. The Balaban J connectivity index is 1.77. The second kappa shape index (κ2) is 7.23. The van der Waals surface area contributed by atoms with Crippen LogP contribution in [0.1, 0.15) is 31.9 Å². The monoisotopic (exact) mass is 284 g/mol. The lowest BCUT2D eigenvalue weighted by molar-refractivity contribution is 0.321. The molecule has 0 saturated heterocycles. The Bertz CT molecular complexity index is 529. The molecule has 0 spiro atoms. The molecule has 0 atom stereocenters. The van der Waals surface area contributed by atoms with Gasteiger partial charge in [0, 0.05) is 30.9 Å². The van der Waals surface area contributed by atoms with Crippen molar-refractivity contribution in [1.82, 2.24) is 10.3 Å². The Hall–Kier alpha value is -1.87. The molecule has 0 amide bonds. The molecule has 0 fully saturated rings. The van der Waals surface area contributed by atoms with Crippen molar-refractivity contribution >= 4 is 0 Å². The topological polar surface area (TPSA) is 34.1 Å². The van der Waals surface area contributed by atoms with Gasteiger partial charge in [-0.3, -0.25) is 4.98 Å². The van der Waals surface area contributed by atoms with Crippen LogP contribution in [0.25, 0.3) is 0 Å². The summed E-state index contributed by atoms with van der Waals surface area (Å²) >= 11 is 0. The van der Waals surface area contributed by atoms with Gasteiger partial charge in [-0.1, -0.05) is 18.2 Å². The summed E-state index contributed by atoms with van der Waals surface area (Å²) in [6, 6.07) is 12.3. The third-order valence-corrected chi connectivity index (χ3v) is 3.13. The predicted molar refractivity (Wildman–Crippen MR) is 86.5 cm³/mol. The number of nitrogens with zero attached hydrogens (tertiary/aromatic N) is 1. The number of rotatable bonds is 6. The Morgan fingerprint density at radius 2 is 1.81 bits per heavy atom. The fourth-order valence-corrected chi connectivity index (χ4v) is 1.90. The highest BCUT2D eigenvalue weighted by atomic mass is 16.5. The van der Waals surface area contributed by atoms with Crippen LogP contribution < -0.4 is 10.1 Å². The summed E-state index contributed by atoms with van der Waals surface area (Å²) in [7, 11) is 0. The van der Waals surface area contributed by atoms with E-state index in [1.807, 2.05) is 24.4 Å². The normalized spacial score (nSPS) is 11.4. The van der Waals surface area contributed by atoms with Gasteiger partial charge in [0.2, 0.25) is 0 Å². The number of ether oxygens (including phenoxy) is 1. The molecule has 1 aromatic carbocycles. The largest absolute Gasteiger partial charge is 0.493 e. The van der Waals surface area contributed by atoms with Crippen LogP contribution >= 0.6 is 0 Å². The van der Waals surface area contributed by atoms with E-state index >= 15 is 0 Å². The third-order valence-electron chi connectivity index (χ3n) is 3.13. The maximum Gasteiger partial charge on any atom is 0.119 e. The number of nitrogens with one attached hydrogen (secondary N) is 1. The SMILES string of the molecule is CC(C)(C)NCc1ccc(OCCc2cccnc2)cc1. The van der Waals surface area contributed by atoms with Gasteiger partial charge in [0.05, 0.1) is 6.61 Å². The number of benzene rings is 1. The summed E-state index contributed by atoms with van der Waals surface area (Å²) in [5, 5.41) is 3.47. The molecule has 0 aliphatic heterocycles. The summed E-state index contributed by atoms with van der Waals surface area (Å²) in [6.45, 7) is 8.06. The van der Waals surface area contributed by atoms with E-state index in [9.17, 15) is 0 Å². The van der Waals surface area contributed by atoms with Gasteiger partial charge in [-0.25, -0.2) is 0 Å². The van der Waals surface area contributed by atoms with E-state index in [-0.39, 0.29) is 5.54 Å². The number of hydrogen-bond donors (Lipinski definition) is 1. The van der Waals surface area contributed by atoms with Crippen molar-refractivity contribution in [2.24, 2.45) is 0 Å². The molecule has 112 valence electrons. The predicted octanol–water partition coefficient (Wildman–Crippen LogP) is 3.59. The van der Waals surface area contributed by atoms with Crippen LogP contribution in [0.15, 0.2) is 48.8 Å². The molecule has 0 bridgehead atoms. The van der Waals surface area contributed by atoms with Crippen molar-refractivity contribution in [3.05, 3.63) is 59.9 Å². The number of aromatic nitrogens is 1. The average molecular weight is 284 g/mol.